The third-order valence-electron chi connectivity index (χ3n) is 2.85. The van der Waals surface area contributed by atoms with Gasteiger partial charge in [-0.25, -0.2) is 0 Å². The van der Waals surface area contributed by atoms with Crippen molar-refractivity contribution in [1.82, 2.24) is 10.3 Å². The van der Waals surface area contributed by atoms with Crippen LogP contribution < -0.4 is 5.32 Å². The van der Waals surface area contributed by atoms with Crippen LogP contribution in [0.1, 0.15) is 24.1 Å². The molecule has 0 bridgehead atoms. The molecule has 4 heteroatoms. The molecule has 1 heterocycles. The van der Waals surface area contributed by atoms with Crippen LogP contribution in [0.4, 0.5) is 0 Å². The van der Waals surface area contributed by atoms with Crippen molar-refractivity contribution in [3.8, 4) is 11.5 Å². The Balaban J connectivity index is 1.99. The fraction of sp³-hybridized carbons (Fsp3) is 0.214. The second-order valence-electron chi connectivity index (χ2n) is 4.20. The van der Waals surface area contributed by atoms with E-state index in [1.165, 1.54) is 6.07 Å². The minimum atomic E-state index is 0.0663. The molecular formula is C14H16N2O2. The Labute approximate surface area is 106 Å². The first-order valence-electron chi connectivity index (χ1n) is 5.81. The number of phenolic OH excluding ortho intramolecular Hbond substituents is 2. The number of pyridine rings is 1. The summed E-state index contributed by atoms with van der Waals surface area (Å²) in [6, 6.07) is 8.64. The van der Waals surface area contributed by atoms with Gasteiger partial charge in [0.15, 0.2) is 0 Å². The number of hydrogen-bond donors (Lipinski definition) is 3. The summed E-state index contributed by atoms with van der Waals surface area (Å²) < 4.78 is 0. The molecule has 0 fully saturated rings. The second-order valence-corrected chi connectivity index (χ2v) is 4.20. The summed E-state index contributed by atoms with van der Waals surface area (Å²) in [6.07, 6.45) is 3.55. The van der Waals surface area contributed by atoms with Gasteiger partial charge in [0.1, 0.15) is 11.5 Å². The number of nitrogens with one attached hydrogen (secondary N) is 1. The van der Waals surface area contributed by atoms with E-state index in [-0.39, 0.29) is 17.5 Å². The fourth-order valence-corrected chi connectivity index (χ4v) is 1.71. The third-order valence-corrected chi connectivity index (χ3v) is 2.85. The summed E-state index contributed by atoms with van der Waals surface area (Å²) in [5, 5.41) is 22.2. The molecule has 1 aromatic heterocycles. The van der Waals surface area contributed by atoms with Crippen molar-refractivity contribution < 1.29 is 10.2 Å². The van der Waals surface area contributed by atoms with E-state index in [1.807, 2.05) is 25.3 Å². The molecule has 0 saturated carbocycles. The highest BCUT2D eigenvalue weighted by Gasteiger charge is 2.07. The first kappa shape index (κ1) is 12.4. The summed E-state index contributed by atoms with van der Waals surface area (Å²) in [7, 11) is 0. The molecular weight excluding hydrogens is 228 g/mol. The number of aromatic hydroxyl groups is 2. The lowest BCUT2D eigenvalue weighted by molar-refractivity contribution is 0.441. The standard InChI is InChI=1S/C14H16N2O2/c1-10(11-3-2-6-15-8-11)16-9-12-4-5-13(17)7-14(12)18/h2-8,10,16-18H,9H2,1H3/t10-/m0/s1. The second kappa shape index (κ2) is 5.51. The Morgan fingerprint density at radius 1 is 1.28 bits per heavy atom. The van der Waals surface area contributed by atoms with Crippen LogP contribution in [0.3, 0.4) is 0 Å². The molecule has 0 saturated heterocycles. The van der Waals surface area contributed by atoms with Crippen molar-refractivity contribution in [2.45, 2.75) is 19.5 Å². The van der Waals surface area contributed by atoms with Gasteiger partial charge in [-0.3, -0.25) is 4.98 Å². The zero-order valence-electron chi connectivity index (χ0n) is 10.2. The van der Waals surface area contributed by atoms with Gasteiger partial charge in [-0.15, -0.1) is 0 Å². The van der Waals surface area contributed by atoms with Gasteiger partial charge in [-0.2, -0.15) is 0 Å². The number of rotatable bonds is 4. The van der Waals surface area contributed by atoms with Crippen LogP contribution in [-0.2, 0) is 6.54 Å². The van der Waals surface area contributed by atoms with E-state index in [2.05, 4.69) is 10.3 Å². The number of aromatic nitrogens is 1. The van der Waals surface area contributed by atoms with Crippen LogP contribution in [-0.4, -0.2) is 15.2 Å². The molecule has 18 heavy (non-hydrogen) atoms. The molecule has 4 nitrogen and oxygen atoms in total. The van der Waals surface area contributed by atoms with Crippen molar-refractivity contribution in [3.05, 3.63) is 53.9 Å². The Hall–Kier alpha value is -2.07. The quantitative estimate of drug-likeness (QED) is 0.772. The summed E-state index contributed by atoms with van der Waals surface area (Å²) >= 11 is 0. The Bertz CT molecular complexity index is 514. The minimum absolute atomic E-state index is 0.0663. The van der Waals surface area contributed by atoms with Gasteiger partial charge in [0.2, 0.25) is 0 Å². The molecule has 0 radical (unpaired) electrons. The Morgan fingerprint density at radius 3 is 2.78 bits per heavy atom. The van der Waals surface area contributed by atoms with E-state index >= 15 is 0 Å². The lowest BCUT2D eigenvalue weighted by atomic mass is 10.1. The van der Waals surface area contributed by atoms with Gasteiger partial charge in [0.05, 0.1) is 0 Å². The normalized spacial score (nSPS) is 12.3. The maximum absolute atomic E-state index is 9.66. The van der Waals surface area contributed by atoms with Crippen LogP contribution in [0.25, 0.3) is 0 Å². The predicted molar refractivity (Wildman–Crippen MR) is 69.3 cm³/mol. The van der Waals surface area contributed by atoms with E-state index < -0.39 is 0 Å². The highest BCUT2D eigenvalue weighted by molar-refractivity contribution is 5.38. The molecule has 1 atom stereocenters. The smallest absolute Gasteiger partial charge is 0.123 e. The van der Waals surface area contributed by atoms with Crippen LogP contribution in [0.5, 0.6) is 11.5 Å². The van der Waals surface area contributed by atoms with Crippen LogP contribution in [0.15, 0.2) is 42.7 Å². The summed E-state index contributed by atoms with van der Waals surface area (Å²) in [5.41, 5.74) is 1.85. The minimum Gasteiger partial charge on any atom is -0.508 e. The molecule has 94 valence electrons. The van der Waals surface area contributed by atoms with Crippen LogP contribution >= 0.6 is 0 Å². The molecule has 0 aliphatic heterocycles. The molecule has 0 amide bonds. The van der Waals surface area contributed by atoms with Gasteiger partial charge >= 0.3 is 0 Å². The van der Waals surface area contributed by atoms with Crippen molar-refractivity contribution in [2.75, 3.05) is 0 Å². The van der Waals surface area contributed by atoms with Crippen molar-refractivity contribution >= 4 is 0 Å². The first-order valence-corrected chi connectivity index (χ1v) is 5.81. The molecule has 2 rings (SSSR count). The fourth-order valence-electron chi connectivity index (χ4n) is 1.71. The van der Waals surface area contributed by atoms with Gasteiger partial charge < -0.3 is 15.5 Å². The van der Waals surface area contributed by atoms with E-state index in [4.69, 9.17) is 0 Å². The van der Waals surface area contributed by atoms with Gasteiger partial charge in [0.25, 0.3) is 0 Å². The predicted octanol–water partition coefficient (Wildman–Crippen LogP) is 2.34. The molecule has 3 N–H and O–H groups in total. The van der Waals surface area contributed by atoms with Gasteiger partial charge in [0, 0.05) is 36.6 Å². The number of phenols is 2. The average Bonchev–Trinajstić information content (AvgIpc) is 2.38. The van der Waals surface area contributed by atoms with E-state index in [0.717, 1.165) is 11.1 Å². The van der Waals surface area contributed by atoms with E-state index in [0.29, 0.717) is 6.54 Å². The van der Waals surface area contributed by atoms with Gasteiger partial charge in [-0.05, 0) is 24.6 Å². The lowest BCUT2D eigenvalue weighted by Gasteiger charge is -2.14. The average molecular weight is 244 g/mol. The molecule has 0 aliphatic rings. The van der Waals surface area contributed by atoms with Crippen LogP contribution in [0, 0.1) is 0 Å². The van der Waals surface area contributed by atoms with Crippen molar-refractivity contribution in [2.24, 2.45) is 0 Å². The molecule has 0 aliphatic carbocycles. The number of nitrogens with zero attached hydrogens (tertiary/aromatic N) is 1. The van der Waals surface area contributed by atoms with Crippen molar-refractivity contribution in [3.63, 3.8) is 0 Å². The first-order chi connectivity index (χ1) is 8.66. The maximum Gasteiger partial charge on any atom is 0.123 e. The van der Waals surface area contributed by atoms with Crippen molar-refractivity contribution in [1.29, 1.82) is 0 Å². The zero-order valence-corrected chi connectivity index (χ0v) is 10.2. The summed E-state index contributed by atoms with van der Waals surface area (Å²) in [6.45, 7) is 2.57. The number of benzene rings is 1. The lowest BCUT2D eigenvalue weighted by Crippen LogP contribution is -2.18. The highest BCUT2D eigenvalue weighted by atomic mass is 16.3. The van der Waals surface area contributed by atoms with Crippen LogP contribution in [0.2, 0.25) is 0 Å². The summed E-state index contributed by atoms with van der Waals surface area (Å²) in [4.78, 5) is 4.07. The zero-order chi connectivity index (χ0) is 13.0. The highest BCUT2D eigenvalue weighted by Crippen LogP contribution is 2.23. The molecule has 2 aromatic rings. The molecule has 0 unspecified atom stereocenters. The number of hydrogen-bond acceptors (Lipinski definition) is 4. The Kier molecular flexibility index (Phi) is 3.79. The Morgan fingerprint density at radius 2 is 2.11 bits per heavy atom. The summed E-state index contributed by atoms with van der Waals surface area (Å²) in [5.74, 6) is 0.164. The topological polar surface area (TPSA) is 65.4 Å². The van der Waals surface area contributed by atoms with Gasteiger partial charge in [-0.1, -0.05) is 12.1 Å². The largest absolute Gasteiger partial charge is 0.508 e. The SMILES string of the molecule is C[C@H](NCc1ccc(O)cc1O)c1cccnc1. The maximum atomic E-state index is 9.66. The van der Waals surface area contributed by atoms with E-state index in [1.54, 1.807) is 18.3 Å². The third kappa shape index (κ3) is 2.99. The molecule has 1 aromatic carbocycles. The molecule has 0 spiro atoms. The monoisotopic (exact) mass is 244 g/mol. The van der Waals surface area contributed by atoms with E-state index in [9.17, 15) is 10.2 Å².